The molecule has 0 rings (SSSR count). The lowest BCUT2D eigenvalue weighted by atomic mass is 10.6. The molecule has 0 aliphatic heterocycles. The van der Waals surface area contributed by atoms with Gasteiger partial charge < -0.3 is 10.3 Å². The van der Waals surface area contributed by atoms with Gasteiger partial charge in [0.1, 0.15) is 0 Å². The van der Waals surface area contributed by atoms with Crippen molar-refractivity contribution in [2.75, 3.05) is 13.2 Å². The van der Waals surface area contributed by atoms with Crippen LogP contribution >= 0.6 is 8.03 Å². The van der Waals surface area contributed by atoms with Gasteiger partial charge in [0.25, 0.3) is 0 Å². The van der Waals surface area contributed by atoms with Gasteiger partial charge in [-0.3, -0.25) is 4.57 Å². The molecule has 0 aromatic carbocycles. The average Bonchev–Trinajstić information content (AvgIpc) is 1.66. The molecule has 1 unspecified atom stereocenters. The van der Waals surface area contributed by atoms with Crippen LogP contribution in [0.15, 0.2) is 12.3 Å². The van der Waals surface area contributed by atoms with Crippen LogP contribution in [0.2, 0.25) is 0 Å². The SMILES string of the molecule is C[PH](=O)OC=CCN. The molecule has 0 bridgehead atoms. The number of nitrogens with two attached hydrogens (primary N) is 1. The van der Waals surface area contributed by atoms with Crippen LogP contribution in [0, 0.1) is 0 Å². The Kier molecular flexibility index (Phi) is 4.71. The van der Waals surface area contributed by atoms with E-state index in [1.165, 1.54) is 12.9 Å². The topological polar surface area (TPSA) is 52.3 Å². The highest BCUT2D eigenvalue weighted by atomic mass is 31.1. The van der Waals surface area contributed by atoms with Gasteiger partial charge >= 0.3 is 0 Å². The van der Waals surface area contributed by atoms with Crippen molar-refractivity contribution in [3.05, 3.63) is 12.3 Å². The summed E-state index contributed by atoms with van der Waals surface area (Å²) >= 11 is 0. The smallest absolute Gasteiger partial charge is 0.233 e. The Labute approximate surface area is 49.4 Å². The maximum absolute atomic E-state index is 10.2. The number of hydrogen-bond acceptors (Lipinski definition) is 3. The summed E-state index contributed by atoms with van der Waals surface area (Å²) in [6.07, 6.45) is 2.97. The maximum Gasteiger partial charge on any atom is 0.233 e. The molecule has 0 aromatic rings. The molecule has 0 saturated carbocycles. The lowest BCUT2D eigenvalue weighted by Gasteiger charge is -1.89. The van der Waals surface area contributed by atoms with E-state index >= 15 is 0 Å². The van der Waals surface area contributed by atoms with Gasteiger partial charge in [0.15, 0.2) is 0 Å². The van der Waals surface area contributed by atoms with Crippen molar-refractivity contribution in [1.29, 1.82) is 0 Å². The first-order chi connectivity index (χ1) is 3.77. The average molecular weight is 135 g/mol. The zero-order valence-electron chi connectivity index (χ0n) is 4.76. The summed E-state index contributed by atoms with van der Waals surface area (Å²) in [4.78, 5) is 0. The monoisotopic (exact) mass is 135 g/mol. The minimum Gasteiger partial charge on any atom is -0.453 e. The number of rotatable bonds is 3. The zero-order chi connectivity index (χ0) is 6.41. The van der Waals surface area contributed by atoms with Crippen molar-refractivity contribution >= 4 is 8.03 Å². The van der Waals surface area contributed by atoms with Crippen LogP contribution in [0.4, 0.5) is 0 Å². The fraction of sp³-hybridized carbons (Fsp3) is 0.500. The molecule has 0 saturated heterocycles. The van der Waals surface area contributed by atoms with Gasteiger partial charge in [0.05, 0.1) is 6.26 Å². The third-order valence-corrected chi connectivity index (χ3v) is 0.934. The van der Waals surface area contributed by atoms with Crippen LogP contribution in [0.3, 0.4) is 0 Å². The molecule has 1 atom stereocenters. The van der Waals surface area contributed by atoms with Gasteiger partial charge in [-0.2, -0.15) is 0 Å². The highest BCUT2D eigenvalue weighted by Gasteiger charge is 1.77. The van der Waals surface area contributed by atoms with E-state index in [2.05, 4.69) is 4.52 Å². The van der Waals surface area contributed by atoms with Crippen LogP contribution in [-0.2, 0) is 9.09 Å². The molecule has 4 heteroatoms. The fourth-order valence-corrected chi connectivity index (χ4v) is 0.487. The maximum atomic E-state index is 10.2. The first-order valence-electron chi connectivity index (χ1n) is 2.29. The summed E-state index contributed by atoms with van der Waals surface area (Å²) in [6, 6.07) is 0. The van der Waals surface area contributed by atoms with E-state index in [9.17, 15) is 4.57 Å². The van der Waals surface area contributed by atoms with Crippen molar-refractivity contribution < 1.29 is 9.09 Å². The van der Waals surface area contributed by atoms with E-state index in [1.807, 2.05) is 0 Å². The van der Waals surface area contributed by atoms with Crippen LogP contribution in [-0.4, -0.2) is 13.2 Å². The second-order valence-electron chi connectivity index (χ2n) is 1.22. The zero-order valence-corrected chi connectivity index (χ0v) is 5.76. The standard InChI is InChI=1S/C4H10NO2P/c1-8(6)7-4-2-3-5/h2,4,8H,3,5H2,1H3. The quantitative estimate of drug-likeness (QED) is 0.455. The Morgan fingerprint density at radius 3 is 2.88 bits per heavy atom. The van der Waals surface area contributed by atoms with Crippen molar-refractivity contribution in [2.24, 2.45) is 5.73 Å². The normalized spacial score (nSPS) is 14.2. The first kappa shape index (κ1) is 7.73. The van der Waals surface area contributed by atoms with E-state index in [0.29, 0.717) is 6.54 Å². The summed E-state index contributed by atoms with van der Waals surface area (Å²) in [5.41, 5.74) is 5.06. The fourth-order valence-electron chi connectivity index (χ4n) is 0.199. The second-order valence-corrected chi connectivity index (χ2v) is 2.44. The van der Waals surface area contributed by atoms with Crippen molar-refractivity contribution in [1.82, 2.24) is 0 Å². The van der Waals surface area contributed by atoms with Crippen LogP contribution in [0.5, 0.6) is 0 Å². The molecule has 0 heterocycles. The molecular formula is C4H10NO2P. The Morgan fingerprint density at radius 1 is 1.88 bits per heavy atom. The minimum atomic E-state index is -1.80. The van der Waals surface area contributed by atoms with Gasteiger partial charge in [-0.15, -0.1) is 0 Å². The highest BCUT2D eigenvalue weighted by Crippen LogP contribution is 2.14. The summed E-state index contributed by atoms with van der Waals surface area (Å²) in [7, 11) is -1.80. The molecule has 2 N–H and O–H groups in total. The predicted molar refractivity (Wildman–Crippen MR) is 34.2 cm³/mol. The lowest BCUT2D eigenvalue weighted by Crippen LogP contribution is -1.91. The van der Waals surface area contributed by atoms with Crippen LogP contribution < -0.4 is 5.73 Å². The predicted octanol–water partition coefficient (Wildman–Crippen LogP) is 0.580. The molecule has 48 valence electrons. The molecule has 3 nitrogen and oxygen atoms in total. The third kappa shape index (κ3) is 5.73. The van der Waals surface area contributed by atoms with E-state index in [4.69, 9.17) is 5.73 Å². The van der Waals surface area contributed by atoms with Crippen molar-refractivity contribution in [2.45, 2.75) is 0 Å². The molecule has 0 spiro atoms. The highest BCUT2D eigenvalue weighted by molar-refractivity contribution is 7.38. The Morgan fingerprint density at radius 2 is 2.50 bits per heavy atom. The molecule has 0 fully saturated rings. The van der Waals surface area contributed by atoms with E-state index in [0.717, 1.165) is 0 Å². The minimum absolute atomic E-state index is 0.426. The molecule has 8 heavy (non-hydrogen) atoms. The Bertz CT molecular complexity index is 102. The summed E-state index contributed by atoms with van der Waals surface area (Å²) in [5.74, 6) is 0. The van der Waals surface area contributed by atoms with Crippen molar-refractivity contribution in [3.63, 3.8) is 0 Å². The third-order valence-electron chi connectivity index (χ3n) is 0.466. The van der Waals surface area contributed by atoms with Gasteiger partial charge in [-0.1, -0.05) is 0 Å². The molecule has 0 radical (unpaired) electrons. The van der Waals surface area contributed by atoms with Gasteiger partial charge in [-0.25, -0.2) is 0 Å². The summed E-state index contributed by atoms with van der Waals surface area (Å²) < 4.78 is 14.8. The van der Waals surface area contributed by atoms with Crippen molar-refractivity contribution in [3.8, 4) is 0 Å². The van der Waals surface area contributed by atoms with Gasteiger partial charge in [0.2, 0.25) is 8.03 Å². The molecule has 0 aliphatic carbocycles. The molecule has 0 amide bonds. The second kappa shape index (κ2) is 4.88. The molecule has 0 aliphatic rings. The van der Waals surface area contributed by atoms with Gasteiger partial charge in [0, 0.05) is 13.2 Å². The lowest BCUT2D eigenvalue weighted by molar-refractivity contribution is 0.467. The number of hydrogen-bond donors (Lipinski definition) is 1. The van der Waals surface area contributed by atoms with Crippen LogP contribution in [0.25, 0.3) is 0 Å². The Balaban J connectivity index is 3.16. The molecular weight excluding hydrogens is 125 g/mol. The summed E-state index contributed by atoms with van der Waals surface area (Å²) in [5, 5.41) is 0. The Hall–Kier alpha value is -0.270. The van der Waals surface area contributed by atoms with E-state index in [-0.39, 0.29) is 0 Å². The molecule has 0 aromatic heterocycles. The van der Waals surface area contributed by atoms with Gasteiger partial charge in [-0.05, 0) is 6.08 Å². The van der Waals surface area contributed by atoms with Crippen LogP contribution in [0.1, 0.15) is 0 Å². The largest absolute Gasteiger partial charge is 0.453 e. The first-order valence-corrected chi connectivity index (χ1v) is 4.11. The van der Waals surface area contributed by atoms with E-state index < -0.39 is 8.03 Å². The van der Waals surface area contributed by atoms with E-state index in [1.54, 1.807) is 6.08 Å². The summed E-state index contributed by atoms with van der Waals surface area (Å²) in [6.45, 7) is 1.95.